The number of carboxylic acid groups (broad SMARTS) is 1. The van der Waals surface area contributed by atoms with Gasteiger partial charge in [0, 0.05) is 0 Å². The van der Waals surface area contributed by atoms with Crippen molar-refractivity contribution < 1.29 is 19.4 Å². The molecule has 0 amide bonds. The van der Waals surface area contributed by atoms with Gasteiger partial charge in [0.2, 0.25) is 0 Å². The first-order chi connectivity index (χ1) is 8.15. The Labute approximate surface area is 99.5 Å². The predicted molar refractivity (Wildman–Crippen MR) is 62.6 cm³/mol. The van der Waals surface area contributed by atoms with Crippen molar-refractivity contribution in [2.24, 2.45) is 0 Å². The number of hydrogen-bond donors (Lipinski definition) is 1. The number of carbonyl (C=O) groups is 2. The van der Waals surface area contributed by atoms with E-state index in [1.54, 1.807) is 30.3 Å². The molecule has 90 valence electrons. The second-order valence-electron chi connectivity index (χ2n) is 3.48. The van der Waals surface area contributed by atoms with Crippen LogP contribution in [0.5, 0.6) is 0 Å². The number of rotatable bonds is 6. The number of esters is 1. The SMILES string of the molecule is C=CCOC(=O)[C@@H](CC(=O)O)c1ccccc1. The van der Waals surface area contributed by atoms with E-state index in [1.807, 2.05) is 0 Å². The van der Waals surface area contributed by atoms with E-state index in [2.05, 4.69) is 6.58 Å². The molecule has 0 aliphatic carbocycles. The summed E-state index contributed by atoms with van der Waals surface area (Å²) < 4.78 is 4.89. The van der Waals surface area contributed by atoms with Crippen molar-refractivity contribution in [1.82, 2.24) is 0 Å². The molecule has 0 aliphatic heterocycles. The molecule has 4 nitrogen and oxygen atoms in total. The molecule has 0 fully saturated rings. The fourth-order valence-electron chi connectivity index (χ4n) is 1.44. The third-order valence-corrected chi connectivity index (χ3v) is 2.21. The smallest absolute Gasteiger partial charge is 0.314 e. The van der Waals surface area contributed by atoms with Crippen LogP contribution in [0.3, 0.4) is 0 Å². The first-order valence-corrected chi connectivity index (χ1v) is 5.19. The largest absolute Gasteiger partial charge is 0.481 e. The van der Waals surface area contributed by atoms with E-state index in [-0.39, 0.29) is 13.0 Å². The fourth-order valence-corrected chi connectivity index (χ4v) is 1.44. The first kappa shape index (κ1) is 13.0. The maximum absolute atomic E-state index is 11.7. The lowest BCUT2D eigenvalue weighted by molar-refractivity contribution is -0.148. The minimum Gasteiger partial charge on any atom is -0.481 e. The molecule has 0 spiro atoms. The monoisotopic (exact) mass is 234 g/mol. The minimum absolute atomic E-state index is 0.0851. The van der Waals surface area contributed by atoms with Crippen molar-refractivity contribution in [3.63, 3.8) is 0 Å². The van der Waals surface area contributed by atoms with Crippen LogP contribution in [-0.2, 0) is 14.3 Å². The summed E-state index contributed by atoms with van der Waals surface area (Å²) in [4.78, 5) is 22.4. The number of carboxylic acids is 1. The zero-order chi connectivity index (χ0) is 12.7. The predicted octanol–water partition coefficient (Wildman–Crippen LogP) is 1.97. The van der Waals surface area contributed by atoms with Gasteiger partial charge in [-0.05, 0) is 5.56 Å². The van der Waals surface area contributed by atoms with E-state index in [0.717, 1.165) is 0 Å². The highest BCUT2D eigenvalue weighted by Crippen LogP contribution is 2.21. The average molecular weight is 234 g/mol. The van der Waals surface area contributed by atoms with Gasteiger partial charge in [0.15, 0.2) is 0 Å². The Bertz CT molecular complexity index is 397. The highest BCUT2D eigenvalue weighted by atomic mass is 16.5. The molecule has 1 N–H and O–H groups in total. The molecule has 0 unspecified atom stereocenters. The molecule has 0 aromatic heterocycles. The Kier molecular flexibility index (Phi) is 4.94. The summed E-state index contributed by atoms with van der Waals surface area (Å²) in [6.07, 6.45) is 1.17. The van der Waals surface area contributed by atoms with Gasteiger partial charge in [-0.1, -0.05) is 43.0 Å². The van der Waals surface area contributed by atoms with E-state index in [1.165, 1.54) is 6.08 Å². The van der Waals surface area contributed by atoms with Crippen LogP contribution in [0.15, 0.2) is 43.0 Å². The number of ether oxygens (including phenoxy) is 1. The molecule has 0 heterocycles. The van der Waals surface area contributed by atoms with Crippen LogP contribution < -0.4 is 0 Å². The van der Waals surface area contributed by atoms with Crippen LogP contribution in [0, 0.1) is 0 Å². The van der Waals surface area contributed by atoms with Gasteiger partial charge in [0.05, 0.1) is 12.3 Å². The standard InChI is InChI=1S/C13H14O4/c1-2-8-17-13(16)11(9-12(14)15)10-6-4-3-5-7-10/h2-7,11H,1,8-9H2,(H,14,15)/t11-/m0/s1. The molecule has 4 heteroatoms. The van der Waals surface area contributed by atoms with E-state index in [0.29, 0.717) is 5.56 Å². The second kappa shape index (κ2) is 6.48. The van der Waals surface area contributed by atoms with Crippen LogP contribution in [-0.4, -0.2) is 23.7 Å². The first-order valence-electron chi connectivity index (χ1n) is 5.19. The Morgan fingerprint density at radius 2 is 2.00 bits per heavy atom. The second-order valence-corrected chi connectivity index (χ2v) is 3.48. The molecule has 0 saturated heterocycles. The van der Waals surface area contributed by atoms with Gasteiger partial charge < -0.3 is 9.84 Å². The normalized spacial score (nSPS) is 11.5. The van der Waals surface area contributed by atoms with E-state index in [9.17, 15) is 9.59 Å². The lowest BCUT2D eigenvalue weighted by atomic mass is 9.96. The lowest BCUT2D eigenvalue weighted by Crippen LogP contribution is -2.19. The Balaban J connectivity index is 2.84. The van der Waals surface area contributed by atoms with Crippen LogP contribution in [0.4, 0.5) is 0 Å². The topological polar surface area (TPSA) is 63.6 Å². The molecule has 17 heavy (non-hydrogen) atoms. The third kappa shape index (κ3) is 4.10. The Morgan fingerprint density at radius 3 is 2.53 bits per heavy atom. The maximum atomic E-state index is 11.7. The quantitative estimate of drug-likeness (QED) is 0.603. The van der Waals surface area contributed by atoms with E-state index >= 15 is 0 Å². The van der Waals surface area contributed by atoms with Crippen molar-refractivity contribution in [2.45, 2.75) is 12.3 Å². The molecule has 0 radical (unpaired) electrons. The zero-order valence-electron chi connectivity index (χ0n) is 9.33. The molecule has 1 atom stereocenters. The Morgan fingerprint density at radius 1 is 1.35 bits per heavy atom. The lowest BCUT2D eigenvalue weighted by Gasteiger charge is -2.13. The van der Waals surface area contributed by atoms with Crippen LogP contribution in [0.25, 0.3) is 0 Å². The van der Waals surface area contributed by atoms with Crippen LogP contribution in [0.2, 0.25) is 0 Å². The summed E-state index contributed by atoms with van der Waals surface area (Å²) >= 11 is 0. The summed E-state index contributed by atoms with van der Waals surface area (Å²) in [5.74, 6) is -2.35. The van der Waals surface area contributed by atoms with Crippen LogP contribution in [0.1, 0.15) is 17.9 Å². The van der Waals surface area contributed by atoms with Gasteiger partial charge in [-0.3, -0.25) is 9.59 Å². The molecule has 1 aromatic rings. The number of benzene rings is 1. The van der Waals surface area contributed by atoms with Crippen molar-refractivity contribution in [2.75, 3.05) is 6.61 Å². The molecular weight excluding hydrogens is 220 g/mol. The highest BCUT2D eigenvalue weighted by Gasteiger charge is 2.24. The molecule has 1 aromatic carbocycles. The van der Waals surface area contributed by atoms with Gasteiger partial charge in [0.25, 0.3) is 0 Å². The molecule has 0 saturated carbocycles. The van der Waals surface area contributed by atoms with Gasteiger partial charge in [-0.2, -0.15) is 0 Å². The van der Waals surface area contributed by atoms with E-state index in [4.69, 9.17) is 9.84 Å². The van der Waals surface area contributed by atoms with Gasteiger partial charge in [-0.15, -0.1) is 0 Å². The summed E-state index contributed by atoms with van der Waals surface area (Å²) in [5, 5.41) is 8.79. The van der Waals surface area contributed by atoms with Gasteiger partial charge >= 0.3 is 11.9 Å². The molecule has 0 aliphatic rings. The summed E-state index contributed by atoms with van der Waals surface area (Å²) in [5.41, 5.74) is 0.643. The molecular formula is C13H14O4. The van der Waals surface area contributed by atoms with Crippen molar-refractivity contribution >= 4 is 11.9 Å². The zero-order valence-corrected chi connectivity index (χ0v) is 9.33. The molecule has 0 bridgehead atoms. The number of aliphatic carboxylic acids is 1. The minimum atomic E-state index is -1.03. The number of hydrogen-bond acceptors (Lipinski definition) is 3. The summed E-state index contributed by atoms with van der Waals surface area (Å²) in [6.45, 7) is 3.52. The van der Waals surface area contributed by atoms with Crippen molar-refractivity contribution in [3.05, 3.63) is 48.6 Å². The van der Waals surface area contributed by atoms with Crippen molar-refractivity contribution in [1.29, 1.82) is 0 Å². The maximum Gasteiger partial charge on any atom is 0.314 e. The fraction of sp³-hybridized carbons (Fsp3) is 0.231. The average Bonchev–Trinajstić information content (AvgIpc) is 2.34. The van der Waals surface area contributed by atoms with Gasteiger partial charge in [-0.25, -0.2) is 0 Å². The highest BCUT2D eigenvalue weighted by molar-refractivity contribution is 5.83. The Hall–Kier alpha value is -2.10. The summed E-state index contributed by atoms with van der Waals surface area (Å²) in [7, 11) is 0. The van der Waals surface area contributed by atoms with E-state index < -0.39 is 17.9 Å². The van der Waals surface area contributed by atoms with Crippen molar-refractivity contribution in [3.8, 4) is 0 Å². The van der Waals surface area contributed by atoms with Crippen LogP contribution >= 0.6 is 0 Å². The van der Waals surface area contributed by atoms with Gasteiger partial charge in [0.1, 0.15) is 6.61 Å². The number of carbonyl (C=O) groups excluding carboxylic acids is 1. The third-order valence-electron chi connectivity index (χ3n) is 2.21. The summed E-state index contributed by atoms with van der Waals surface area (Å²) in [6, 6.07) is 8.73. The molecule has 1 rings (SSSR count).